The van der Waals surface area contributed by atoms with Crippen LogP contribution in [0.3, 0.4) is 0 Å². The van der Waals surface area contributed by atoms with E-state index >= 15 is 0 Å². The zero-order valence-electron chi connectivity index (χ0n) is 17.3. The second-order valence-electron chi connectivity index (χ2n) is 6.89. The molecule has 2 aromatic carbocycles. The molecule has 0 atom stereocenters. The van der Waals surface area contributed by atoms with Crippen LogP contribution >= 0.6 is 11.8 Å². The fraction of sp³-hybridized carbons (Fsp3) is 0.261. The van der Waals surface area contributed by atoms with Gasteiger partial charge in [0.15, 0.2) is 0 Å². The molecule has 1 aliphatic rings. The van der Waals surface area contributed by atoms with Crippen LogP contribution in [0.2, 0.25) is 0 Å². The molecule has 0 N–H and O–H groups in total. The van der Waals surface area contributed by atoms with Gasteiger partial charge in [0.1, 0.15) is 31.3 Å². The molecular weight excluding hydrogens is 418 g/mol. The lowest BCUT2D eigenvalue weighted by molar-refractivity contribution is -0.149. The molecule has 1 saturated heterocycles. The second kappa shape index (κ2) is 10.7. The van der Waals surface area contributed by atoms with Gasteiger partial charge in [0.25, 0.3) is 11.1 Å². The summed E-state index contributed by atoms with van der Waals surface area (Å²) >= 11 is 0.799. The van der Waals surface area contributed by atoms with E-state index in [1.165, 1.54) is 0 Å². The van der Waals surface area contributed by atoms with Crippen LogP contribution in [-0.2, 0) is 14.3 Å². The lowest BCUT2D eigenvalue weighted by atomic mass is 10.2. The van der Waals surface area contributed by atoms with E-state index in [2.05, 4.69) is 0 Å². The molecule has 0 aliphatic carbocycles. The maximum Gasteiger partial charge on any atom is 0.326 e. The number of hydrogen-bond donors (Lipinski definition) is 0. The Morgan fingerprint density at radius 3 is 2.19 bits per heavy atom. The molecule has 162 valence electrons. The van der Waals surface area contributed by atoms with Crippen LogP contribution in [0.4, 0.5) is 4.79 Å². The highest BCUT2D eigenvalue weighted by Crippen LogP contribution is 2.32. The van der Waals surface area contributed by atoms with Crippen LogP contribution in [0.5, 0.6) is 11.5 Å². The minimum atomic E-state index is -0.615. The van der Waals surface area contributed by atoms with Gasteiger partial charge in [-0.2, -0.15) is 0 Å². The third-order valence-electron chi connectivity index (χ3n) is 4.07. The van der Waals surface area contributed by atoms with Crippen molar-refractivity contribution < 1.29 is 28.6 Å². The van der Waals surface area contributed by atoms with Crippen molar-refractivity contribution in [3.05, 3.63) is 65.1 Å². The number of imide groups is 1. The van der Waals surface area contributed by atoms with E-state index in [-0.39, 0.29) is 11.0 Å². The highest BCUT2D eigenvalue weighted by Gasteiger charge is 2.36. The minimum Gasteiger partial charge on any atom is -0.490 e. The van der Waals surface area contributed by atoms with Crippen molar-refractivity contribution in [3.63, 3.8) is 0 Å². The van der Waals surface area contributed by atoms with E-state index in [0.29, 0.717) is 19.0 Å². The van der Waals surface area contributed by atoms with Crippen molar-refractivity contribution in [1.82, 2.24) is 4.90 Å². The first-order valence-electron chi connectivity index (χ1n) is 9.78. The van der Waals surface area contributed by atoms with Gasteiger partial charge in [-0.15, -0.1) is 0 Å². The first-order valence-corrected chi connectivity index (χ1v) is 10.6. The van der Waals surface area contributed by atoms with Gasteiger partial charge in [0.2, 0.25) is 0 Å². The normalized spacial score (nSPS) is 14.9. The Labute approximate surface area is 185 Å². The molecule has 3 rings (SSSR count). The molecule has 31 heavy (non-hydrogen) atoms. The van der Waals surface area contributed by atoms with Gasteiger partial charge in [0, 0.05) is 0 Å². The van der Waals surface area contributed by atoms with Crippen LogP contribution in [-0.4, -0.2) is 47.9 Å². The fourth-order valence-corrected chi connectivity index (χ4v) is 3.55. The van der Waals surface area contributed by atoms with E-state index in [9.17, 15) is 14.4 Å². The Bertz CT molecular complexity index is 956. The van der Waals surface area contributed by atoms with Gasteiger partial charge in [-0.25, -0.2) is 0 Å². The molecule has 0 spiro atoms. The van der Waals surface area contributed by atoms with Crippen molar-refractivity contribution in [3.8, 4) is 11.5 Å². The van der Waals surface area contributed by atoms with E-state index in [0.717, 1.165) is 28.0 Å². The van der Waals surface area contributed by atoms with Crippen molar-refractivity contribution in [2.45, 2.75) is 20.0 Å². The minimum absolute atomic E-state index is 0.257. The molecule has 0 aromatic heterocycles. The van der Waals surface area contributed by atoms with Gasteiger partial charge in [0.05, 0.1) is 11.0 Å². The summed E-state index contributed by atoms with van der Waals surface area (Å²) in [5, 5.41) is -0.490. The maximum atomic E-state index is 12.5. The number of amides is 2. The SMILES string of the molecule is CC(C)OC(=O)CN1C(=O)S/C(=C/c2ccc(OCCOc3ccccc3)cc2)C1=O. The number of benzene rings is 2. The van der Waals surface area contributed by atoms with Gasteiger partial charge in [-0.1, -0.05) is 30.3 Å². The van der Waals surface area contributed by atoms with Crippen LogP contribution in [0.1, 0.15) is 19.4 Å². The largest absolute Gasteiger partial charge is 0.490 e. The molecule has 8 heteroatoms. The van der Waals surface area contributed by atoms with Crippen LogP contribution < -0.4 is 9.47 Å². The fourth-order valence-electron chi connectivity index (χ4n) is 2.71. The molecule has 0 unspecified atom stereocenters. The number of ether oxygens (including phenoxy) is 3. The zero-order valence-corrected chi connectivity index (χ0v) is 18.1. The number of carbonyl (C=O) groups excluding carboxylic acids is 3. The Balaban J connectivity index is 1.52. The molecule has 0 radical (unpaired) electrons. The number of esters is 1. The van der Waals surface area contributed by atoms with Crippen LogP contribution in [0, 0.1) is 0 Å². The van der Waals surface area contributed by atoms with Crippen LogP contribution in [0.15, 0.2) is 59.5 Å². The molecule has 2 amide bonds. The highest BCUT2D eigenvalue weighted by atomic mass is 32.2. The van der Waals surface area contributed by atoms with E-state index in [1.54, 1.807) is 44.2 Å². The lowest BCUT2D eigenvalue weighted by Crippen LogP contribution is -2.35. The average molecular weight is 442 g/mol. The molecule has 7 nitrogen and oxygen atoms in total. The predicted molar refractivity (Wildman–Crippen MR) is 118 cm³/mol. The van der Waals surface area contributed by atoms with Crippen molar-refractivity contribution in [1.29, 1.82) is 0 Å². The predicted octanol–water partition coefficient (Wildman–Crippen LogP) is 4.13. The van der Waals surface area contributed by atoms with Crippen molar-refractivity contribution >= 4 is 35.0 Å². The Morgan fingerprint density at radius 2 is 1.58 bits per heavy atom. The summed E-state index contributed by atoms with van der Waals surface area (Å²) in [7, 11) is 0. The monoisotopic (exact) mass is 441 g/mol. The van der Waals surface area contributed by atoms with Gasteiger partial charge in [-0.05, 0) is 61.5 Å². The first kappa shape index (κ1) is 22.4. The van der Waals surface area contributed by atoms with E-state index in [4.69, 9.17) is 14.2 Å². The molecule has 0 saturated carbocycles. The number of thioether (sulfide) groups is 1. The molecule has 1 fully saturated rings. The lowest BCUT2D eigenvalue weighted by Gasteiger charge is -2.13. The average Bonchev–Trinajstić information content (AvgIpc) is 3.00. The quantitative estimate of drug-likeness (QED) is 0.329. The summed E-state index contributed by atoms with van der Waals surface area (Å²) < 4.78 is 16.2. The number of hydrogen-bond acceptors (Lipinski definition) is 7. The Hall–Kier alpha value is -3.26. The highest BCUT2D eigenvalue weighted by molar-refractivity contribution is 8.18. The molecule has 0 bridgehead atoms. The third-order valence-corrected chi connectivity index (χ3v) is 4.98. The summed E-state index contributed by atoms with van der Waals surface area (Å²) in [4.78, 5) is 37.5. The first-order chi connectivity index (χ1) is 14.9. The summed E-state index contributed by atoms with van der Waals surface area (Å²) in [6.45, 7) is 3.82. The zero-order chi connectivity index (χ0) is 22.2. The van der Waals surface area contributed by atoms with Gasteiger partial charge in [-0.3, -0.25) is 19.3 Å². The smallest absolute Gasteiger partial charge is 0.326 e. The molecule has 1 heterocycles. The molecule has 1 aliphatic heterocycles. The molecule has 2 aromatic rings. The summed E-state index contributed by atoms with van der Waals surface area (Å²) in [5.41, 5.74) is 0.739. The number of rotatable bonds is 9. The second-order valence-corrected chi connectivity index (χ2v) is 7.88. The number of nitrogens with zero attached hydrogens (tertiary/aromatic N) is 1. The Kier molecular flexibility index (Phi) is 7.72. The van der Waals surface area contributed by atoms with Crippen molar-refractivity contribution in [2.24, 2.45) is 0 Å². The summed E-state index contributed by atoms with van der Waals surface area (Å²) in [6, 6.07) is 16.6. The van der Waals surface area contributed by atoms with E-state index in [1.807, 2.05) is 30.3 Å². The van der Waals surface area contributed by atoms with E-state index < -0.39 is 23.7 Å². The van der Waals surface area contributed by atoms with Gasteiger partial charge >= 0.3 is 5.97 Å². The summed E-state index contributed by atoms with van der Waals surface area (Å²) in [6.07, 6.45) is 1.30. The third kappa shape index (κ3) is 6.62. The summed E-state index contributed by atoms with van der Waals surface area (Å²) in [5.74, 6) is 0.330. The van der Waals surface area contributed by atoms with Gasteiger partial charge < -0.3 is 14.2 Å². The standard InChI is InChI=1S/C23H23NO6S/c1-16(2)30-21(25)15-24-22(26)20(31-23(24)27)14-17-8-10-19(11-9-17)29-13-12-28-18-6-4-3-5-7-18/h3-11,14,16H,12-13,15H2,1-2H3/b20-14+. The van der Waals surface area contributed by atoms with Crippen molar-refractivity contribution in [2.75, 3.05) is 19.8 Å². The number of carbonyl (C=O) groups is 3. The topological polar surface area (TPSA) is 82.1 Å². The molecular formula is C23H23NO6S. The number of para-hydroxylation sites is 1. The Morgan fingerprint density at radius 1 is 0.968 bits per heavy atom. The maximum absolute atomic E-state index is 12.5. The van der Waals surface area contributed by atoms with Crippen LogP contribution in [0.25, 0.3) is 6.08 Å².